The molecule has 3 rings (SSSR count). The fourth-order valence-electron chi connectivity index (χ4n) is 2.60. The molecule has 2 aromatic rings. The van der Waals surface area contributed by atoms with E-state index < -0.39 is 0 Å². The summed E-state index contributed by atoms with van der Waals surface area (Å²) in [5.74, 6) is 0.0102. The maximum absolute atomic E-state index is 12.5. The first-order valence-corrected chi connectivity index (χ1v) is 8.15. The monoisotopic (exact) mass is 346 g/mol. The zero-order valence-corrected chi connectivity index (χ0v) is 13.6. The van der Waals surface area contributed by atoms with E-state index in [1.165, 1.54) is 18.4 Å². The highest BCUT2D eigenvalue weighted by Gasteiger charge is 2.28. The molecule has 0 aliphatic heterocycles. The van der Waals surface area contributed by atoms with Crippen molar-refractivity contribution in [1.29, 1.82) is 0 Å². The average Bonchev–Trinajstić information content (AvgIpc) is 3.22. The zero-order chi connectivity index (χ0) is 14.8. The Hall–Kier alpha value is -1.55. The van der Waals surface area contributed by atoms with Crippen molar-refractivity contribution >= 4 is 21.8 Å². The highest BCUT2D eigenvalue weighted by atomic mass is 79.9. The Morgan fingerprint density at radius 2 is 2.10 bits per heavy atom. The van der Waals surface area contributed by atoms with Crippen LogP contribution in [0.25, 0.3) is 0 Å². The standard InChI is InChI=1S/C17H19BrN2O/c1-12(9-13-5-3-2-4-6-13)19-17(21)16-10-14(18)11-20(16)15-7-8-15/h2-6,10-12,15H,7-9H2,1H3,(H,19,21). The maximum atomic E-state index is 12.5. The van der Waals surface area contributed by atoms with Gasteiger partial charge in [0.05, 0.1) is 0 Å². The molecule has 0 saturated heterocycles. The lowest BCUT2D eigenvalue weighted by Crippen LogP contribution is -2.35. The average molecular weight is 347 g/mol. The van der Waals surface area contributed by atoms with E-state index in [1.54, 1.807) is 0 Å². The van der Waals surface area contributed by atoms with Crippen molar-refractivity contribution in [1.82, 2.24) is 9.88 Å². The van der Waals surface area contributed by atoms with Gasteiger partial charge in [0.25, 0.3) is 5.91 Å². The number of nitrogens with one attached hydrogen (secondary N) is 1. The van der Waals surface area contributed by atoms with Gasteiger partial charge in [-0.1, -0.05) is 30.3 Å². The largest absolute Gasteiger partial charge is 0.348 e. The molecule has 3 nitrogen and oxygen atoms in total. The molecule has 0 bridgehead atoms. The van der Waals surface area contributed by atoms with Crippen LogP contribution in [0, 0.1) is 0 Å². The van der Waals surface area contributed by atoms with E-state index in [4.69, 9.17) is 0 Å². The van der Waals surface area contributed by atoms with Crippen LogP contribution in [0.2, 0.25) is 0 Å². The summed E-state index contributed by atoms with van der Waals surface area (Å²) in [5, 5.41) is 3.10. The summed E-state index contributed by atoms with van der Waals surface area (Å²) in [6.07, 6.45) is 5.19. The van der Waals surface area contributed by atoms with Crippen molar-refractivity contribution in [3.63, 3.8) is 0 Å². The Balaban J connectivity index is 1.66. The second kappa shape index (κ2) is 6.06. The Kier molecular flexibility index (Phi) is 4.15. The number of carbonyl (C=O) groups excluding carboxylic acids is 1. The van der Waals surface area contributed by atoms with Crippen LogP contribution in [0.5, 0.6) is 0 Å². The Bertz CT molecular complexity index is 631. The molecule has 1 N–H and O–H groups in total. The van der Waals surface area contributed by atoms with Crippen molar-refractivity contribution < 1.29 is 4.79 Å². The molecule has 0 radical (unpaired) electrons. The lowest BCUT2D eigenvalue weighted by atomic mass is 10.1. The van der Waals surface area contributed by atoms with Crippen molar-refractivity contribution in [2.75, 3.05) is 0 Å². The van der Waals surface area contributed by atoms with Gasteiger partial charge in [-0.05, 0) is 53.7 Å². The van der Waals surface area contributed by atoms with E-state index in [1.807, 2.05) is 37.4 Å². The van der Waals surface area contributed by atoms with Gasteiger partial charge in [0.2, 0.25) is 0 Å². The van der Waals surface area contributed by atoms with Crippen LogP contribution in [0.15, 0.2) is 47.1 Å². The van der Waals surface area contributed by atoms with Gasteiger partial charge in [-0.3, -0.25) is 4.79 Å². The van der Waals surface area contributed by atoms with Crippen LogP contribution in [-0.4, -0.2) is 16.5 Å². The van der Waals surface area contributed by atoms with Crippen molar-refractivity contribution in [3.8, 4) is 0 Å². The van der Waals surface area contributed by atoms with E-state index in [0.717, 1.165) is 16.6 Å². The fraction of sp³-hybridized carbons (Fsp3) is 0.353. The second-order valence-electron chi connectivity index (χ2n) is 5.75. The van der Waals surface area contributed by atoms with Gasteiger partial charge in [0.1, 0.15) is 5.69 Å². The predicted molar refractivity (Wildman–Crippen MR) is 87.5 cm³/mol. The van der Waals surface area contributed by atoms with Crippen LogP contribution in [0.4, 0.5) is 0 Å². The Morgan fingerprint density at radius 3 is 2.76 bits per heavy atom. The number of hydrogen-bond acceptors (Lipinski definition) is 1. The minimum Gasteiger partial charge on any atom is -0.348 e. The normalized spacial score (nSPS) is 15.7. The molecule has 1 aromatic carbocycles. The third kappa shape index (κ3) is 3.56. The molecule has 1 amide bonds. The number of hydrogen-bond donors (Lipinski definition) is 1. The van der Waals surface area contributed by atoms with Crippen molar-refractivity contribution in [2.45, 2.75) is 38.3 Å². The molecule has 0 spiro atoms. The fourth-order valence-corrected chi connectivity index (χ4v) is 3.04. The molecule has 1 aliphatic rings. The molecule has 1 fully saturated rings. The molecule has 1 unspecified atom stereocenters. The van der Waals surface area contributed by atoms with Gasteiger partial charge >= 0.3 is 0 Å². The summed E-state index contributed by atoms with van der Waals surface area (Å²) < 4.78 is 3.06. The Labute approximate surface area is 133 Å². The minimum absolute atomic E-state index is 0.0102. The van der Waals surface area contributed by atoms with Gasteiger partial charge in [-0.25, -0.2) is 0 Å². The number of nitrogens with zero attached hydrogens (tertiary/aromatic N) is 1. The zero-order valence-electron chi connectivity index (χ0n) is 12.1. The molecule has 1 aliphatic carbocycles. The second-order valence-corrected chi connectivity index (χ2v) is 6.66. The molecular formula is C17H19BrN2O. The summed E-state index contributed by atoms with van der Waals surface area (Å²) >= 11 is 3.47. The first-order valence-electron chi connectivity index (χ1n) is 7.35. The summed E-state index contributed by atoms with van der Waals surface area (Å²) in [6, 6.07) is 12.8. The van der Waals surface area contributed by atoms with Gasteiger partial charge in [0, 0.05) is 22.8 Å². The number of rotatable bonds is 5. The summed E-state index contributed by atoms with van der Waals surface area (Å²) in [6.45, 7) is 2.05. The number of halogens is 1. The van der Waals surface area contributed by atoms with Gasteiger partial charge < -0.3 is 9.88 Å². The van der Waals surface area contributed by atoms with E-state index in [9.17, 15) is 4.79 Å². The molecule has 21 heavy (non-hydrogen) atoms. The third-order valence-corrected chi connectivity index (χ3v) is 4.18. The summed E-state index contributed by atoms with van der Waals surface area (Å²) in [7, 11) is 0. The van der Waals surface area contributed by atoms with E-state index in [-0.39, 0.29) is 11.9 Å². The summed E-state index contributed by atoms with van der Waals surface area (Å²) in [5.41, 5.74) is 1.99. The van der Waals surface area contributed by atoms with E-state index in [0.29, 0.717) is 6.04 Å². The number of aromatic nitrogens is 1. The lowest BCUT2D eigenvalue weighted by molar-refractivity contribution is 0.0930. The van der Waals surface area contributed by atoms with Crippen LogP contribution in [0.1, 0.15) is 41.9 Å². The van der Waals surface area contributed by atoms with Gasteiger partial charge in [-0.2, -0.15) is 0 Å². The van der Waals surface area contributed by atoms with Crippen molar-refractivity contribution in [2.24, 2.45) is 0 Å². The van der Waals surface area contributed by atoms with Crippen LogP contribution < -0.4 is 5.32 Å². The minimum atomic E-state index is 0.0102. The topological polar surface area (TPSA) is 34.0 Å². The molecule has 110 valence electrons. The van der Waals surface area contributed by atoms with Crippen molar-refractivity contribution in [3.05, 3.63) is 58.3 Å². The highest BCUT2D eigenvalue weighted by Crippen LogP contribution is 2.37. The van der Waals surface area contributed by atoms with E-state index in [2.05, 4.69) is 37.9 Å². The maximum Gasteiger partial charge on any atom is 0.268 e. The molecular weight excluding hydrogens is 328 g/mol. The number of benzene rings is 1. The third-order valence-electron chi connectivity index (χ3n) is 3.75. The Morgan fingerprint density at radius 1 is 1.38 bits per heavy atom. The highest BCUT2D eigenvalue weighted by molar-refractivity contribution is 9.10. The molecule has 1 heterocycles. The lowest BCUT2D eigenvalue weighted by Gasteiger charge is -2.15. The first kappa shape index (κ1) is 14.4. The first-order chi connectivity index (χ1) is 10.1. The SMILES string of the molecule is CC(Cc1ccccc1)NC(=O)c1cc(Br)cn1C1CC1. The van der Waals surface area contributed by atoms with E-state index >= 15 is 0 Å². The summed E-state index contributed by atoms with van der Waals surface area (Å²) in [4.78, 5) is 12.5. The van der Waals surface area contributed by atoms with Crippen LogP contribution in [-0.2, 0) is 6.42 Å². The number of carbonyl (C=O) groups is 1. The molecule has 1 atom stereocenters. The molecule has 1 saturated carbocycles. The predicted octanol–water partition coefficient (Wildman–Crippen LogP) is 3.95. The quantitative estimate of drug-likeness (QED) is 0.873. The molecule has 4 heteroatoms. The number of amides is 1. The van der Waals surface area contributed by atoms with Crippen LogP contribution >= 0.6 is 15.9 Å². The van der Waals surface area contributed by atoms with Gasteiger partial charge in [0.15, 0.2) is 0 Å². The van der Waals surface area contributed by atoms with Crippen LogP contribution in [0.3, 0.4) is 0 Å². The smallest absolute Gasteiger partial charge is 0.268 e. The molecule has 1 aromatic heterocycles. The van der Waals surface area contributed by atoms with Gasteiger partial charge in [-0.15, -0.1) is 0 Å².